The maximum absolute atomic E-state index is 14.2. The average molecular weight is 447 g/mol. The lowest BCUT2D eigenvalue weighted by atomic mass is 9.82. The Hall–Kier alpha value is -2.26. The lowest BCUT2D eigenvalue weighted by Crippen LogP contribution is -2.51. The first kappa shape index (κ1) is 23.9. The fraction of sp³-hybridized carbons (Fsp3) is 0.533. The van der Waals surface area contributed by atoms with E-state index in [-0.39, 0.29) is 11.6 Å². The van der Waals surface area contributed by atoms with Crippen LogP contribution in [-0.2, 0) is 4.74 Å². The highest BCUT2D eigenvalue weighted by atomic mass is 16.5. The van der Waals surface area contributed by atoms with Crippen LogP contribution >= 0.6 is 0 Å². The molecule has 2 aliphatic carbocycles. The molecule has 4 rings (SSSR count). The summed E-state index contributed by atoms with van der Waals surface area (Å²) in [6.07, 6.45) is 6.62. The van der Waals surface area contributed by atoms with Gasteiger partial charge in [-0.1, -0.05) is 35.4 Å². The molecule has 176 valence electrons. The second-order valence-corrected chi connectivity index (χ2v) is 10.7. The molecule has 3 nitrogen and oxygen atoms in total. The summed E-state index contributed by atoms with van der Waals surface area (Å²) in [4.78, 5) is 28.3. The first-order valence-corrected chi connectivity index (χ1v) is 12.5. The molecule has 3 heteroatoms. The Balaban J connectivity index is 1.77. The largest absolute Gasteiger partial charge is 0.352 e. The van der Waals surface area contributed by atoms with Gasteiger partial charge in [0.1, 0.15) is 11.2 Å². The van der Waals surface area contributed by atoms with Gasteiger partial charge >= 0.3 is 0 Å². The molecule has 0 heterocycles. The number of hydrogen-bond donors (Lipinski definition) is 0. The third-order valence-corrected chi connectivity index (χ3v) is 7.85. The Labute approximate surface area is 198 Å². The fourth-order valence-corrected chi connectivity index (χ4v) is 6.55. The van der Waals surface area contributed by atoms with E-state index in [1.54, 1.807) is 0 Å². The number of rotatable bonds is 6. The molecule has 33 heavy (non-hydrogen) atoms. The number of ether oxygens (including phenoxy) is 1. The van der Waals surface area contributed by atoms with Crippen molar-refractivity contribution in [2.24, 2.45) is 0 Å². The van der Waals surface area contributed by atoms with Crippen molar-refractivity contribution in [3.63, 3.8) is 0 Å². The van der Waals surface area contributed by atoms with E-state index in [1.165, 1.54) is 0 Å². The number of aryl methyl sites for hydroxylation is 6. The van der Waals surface area contributed by atoms with Crippen molar-refractivity contribution in [1.82, 2.24) is 0 Å². The maximum atomic E-state index is 14.2. The molecule has 2 aromatic carbocycles. The summed E-state index contributed by atoms with van der Waals surface area (Å²) < 4.78 is 6.96. The van der Waals surface area contributed by atoms with E-state index < -0.39 is 11.2 Å². The quantitative estimate of drug-likeness (QED) is 0.439. The summed E-state index contributed by atoms with van der Waals surface area (Å²) in [5.41, 5.74) is 6.10. The van der Waals surface area contributed by atoms with Crippen molar-refractivity contribution >= 4 is 11.6 Å². The predicted molar refractivity (Wildman–Crippen MR) is 133 cm³/mol. The lowest BCUT2D eigenvalue weighted by Gasteiger charge is -2.39. The second-order valence-electron chi connectivity index (χ2n) is 10.7. The Morgan fingerprint density at radius 3 is 1.12 bits per heavy atom. The second kappa shape index (κ2) is 8.83. The number of ketones is 2. The molecule has 0 saturated heterocycles. The summed E-state index contributed by atoms with van der Waals surface area (Å²) in [7, 11) is 0. The zero-order valence-electron chi connectivity index (χ0n) is 21.2. The molecular weight excluding hydrogens is 408 g/mol. The van der Waals surface area contributed by atoms with Crippen molar-refractivity contribution in [1.29, 1.82) is 0 Å². The highest BCUT2D eigenvalue weighted by molar-refractivity contribution is 6.07. The highest BCUT2D eigenvalue weighted by Crippen LogP contribution is 2.46. The molecule has 0 atom stereocenters. The first-order chi connectivity index (χ1) is 15.6. The fourth-order valence-electron chi connectivity index (χ4n) is 6.55. The maximum Gasteiger partial charge on any atom is 0.195 e. The van der Waals surface area contributed by atoms with Crippen molar-refractivity contribution in [2.45, 2.75) is 104 Å². The van der Waals surface area contributed by atoms with Crippen LogP contribution in [0.25, 0.3) is 0 Å². The van der Waals surface area contributed by atoms with E-state index >= 15 is 0 Å². The van der Waals surface area contributed by atoms with Crippen LogP contribution < -0.4 is 0 Å². The minimum atomic E-state index is -0.905. The lowest BCUT2D eigenvalue weighted by molar-refractivity contribution is -0.107. The Bertz CT molecular complexity index is 962. The van der Waals surface area contributed by atoms with E-state index in [0.29, 0.717) is 25.7 Å². The van der Waals surface area contributed by atoms with Crippen molar-refractivity contribution in [2.75, 3.05) is 0 Å². The standard InChI is InChI=1S/C30H38O3/c1-19-15-21(3)25(22(4)16-19)27(31)29(11-7-8-12-29)33-30(13-9-10-14-30)28(32)26-23(5)17-20(2)18-24(26)6/h15-18H,7-14H2,1-6H3. The van der Waals surface area contributed by atoms with Gasteiger partial charge < -0.3 is 4.74 Å². The van der Waals surface area contributed by atoms with Crippen molar-refractivity contribution < 1.29 is 14.3 Å². The summed E-state index contributed by atoms with van der Waals surface area (Å²) >= 11 is 0. The van der Waals surface area contributed by atoms with Gasteiger partial charge in [-0.3, -0.25) is 9.59 Å². The molecule has 0 aliphatic heterocycles. The third kappa shape index (κ3) is 4.21. The van der Waals surface area contributed by atoms with Gasteiger partial charge in [-0.2, -0.15) is 0 Å². The minimum Gasteiger partial charge on any atom is -0.352 e. The summed E-state index contributed by atoms with van der Waals surface area (Å²) in [6.45, 7) is 12.2. The van der Waals surface area contributed by atoms with Gasteiger partial charge in [0.05, 0.1) is 0 Å². The van der Waals surface area contributed by atoms with E-state index in [9.17, 15) is 9.59 Å². The Morgan fingerprint density at radius 1 is 0.576 bits per heavy atom. The third-order valence-electron chi connectivity index (χ3n) is 7.85. The summed E-state index contributed by atoms with van der Waals surface area (Å²) in [6, 6.07) is 8.33. The van der Waals surface area contributed by atoms with Gasteiger partial charge in [-0.25, -0.2) is 0 Å². The van der Waals surface area contributed by atoms with Crippen LogP contribution in [0.15, 0.2) is 24.3 Å². The van der Waals surface area contributed by atoms with Crippen molar-refractivity contribution in [3.05, 3.63) is 68.8 Å². The zero-order chi connectivity index (χ0) is 24.0. The molecule has 2 aliphatic rings. The Morgan fingerprint density at radius 2 is 0.848 bits per heavy atom. The van der Waals surface area contributed by atoms with Gasteiger partial charge in [0.2, 0.25) is 0 Å². The van der Waals surface area contributed by atoms with Gasteiger partial charge in [0, 0.05) is 11.1 Å². The zero-order valence-corrected chi connectivity index (χ0v) is 21.2. The van der Waals surface area contributed by atoms with Crippen LogP contribution in [0.3, 0.4) is 0 Å². The molecule has 0 radical (unpaired) electrons. The van der Waals surface area contributed by atoms with Crippen LogP contribution in [-0.4, -0.2) is 22.8 Å². The van der Waals surface area contributed by atoms with Crippen LogP contribution in [0.5, 0.6) is 0 Å². The van der Waals surface area contributed by atoms with Crippen LogP contribution in [0.4, 0.5) is 0 Å². The Kier molecular flexibility index (Phi) is 6.39. The molecule has 2 aromatic rings. The van der Waals surface area contributed by atoms with Crippen LogP contribution in [0.2, 0.25) is 0 Å². The van der Waals surface area contributed by atoms with Gasteiger partial charge in [-0.15, -0.1) is 0 Å². The first-order valence-electron chi connectivity index (χ1n) is 12.5. The van der Waals surface area contributed by atoms with E-state index in [4.69, 9.17) is 4.74 Å². The number of Topliss-reactive ketones (excluding diaryl/α,β-unsaturated/α-hetero) is 2. The summed E-state index contributed by atoms with van der Waals surface area (Å²) in [5, 5.41) is 0. The monoisotopic (exact) mass is 446 g/mol. The van der Waals surface area contributed by atoms with Gasteiger partial charge in [0.15, 0.2) is 11.6 Å². The molecule has 0 bridgehead atoms. The molecule has 0 spiro atoms. The molecular formula is C30H38O3. The smallest absolute Gasteiger partial charge is 0.195 e. The number of benzene rings is 2. The van der Waals surface area contributed by atoms with E-state index in [1.807, 2.05) is 27.7 Å². The minimum absolute atomic E-state index is 0.0754. The molecule has 0 aromatic heterocycles. The van der Waals surface area contributed by atoms with Gasteiger partial charge in [-0.05, 0) is 115 Å². The highest BCUT2D eigenvalue weighted by Gasteiger charge is 2.53. The van der Waals surface area contributed by atoms with Crippen LogP contribution in [0, 0.1) is 41.5 Å². The van der Waals surface area contributed by atoms with E-state index in [0.717, 1.165) is 70.2 Å². The molecule has 0 amide bonds. The summed E-state index contributed by atoms with van der Waals surface area (Å²) in [5.74, 6) is 0.151. The van der Waals surface area contributed by atoms with Gasteiger partial charge in [0.25, 0.3) is 0 Å². The van der Waals surface area contributed by atoms with Crippen LogP contribution in [0.1, 0.15) is 105 Å². The number of carbonyl (C=O) groups is 2. The normalized spacial score (nSPS) is 19.1. The number of carbonyl (C=O) groups excluding carboxylic acids is 2. The number of hydrogen-bond acceptors (Lipinski definition) is 3. The van der Waals surface area contributed by atoms with Crippen molar-refractivity contribution in [3.8, 4) is 0 Å². The SMILES string of the molecule is Cc1cc(C)c(C(=O)C2(OC3(C(=O)c4c(C)cc(C)cc4C)CCCC3)CCCC2)c(C)c1. The molecule has 2 fully saturated rings. The predicted octanol–water partition coefficient (Wildman–Crippen LogP) is 7.24. The molecule has 0 unspecified atom stereocenters. The van der Waals surface area contributed by atoms with E-state index in [2.05, 4.69) is 38.1 Å². The molecule has 0 N–H and O–H groups in total. The average Bonchev–Trinajstić information content (AvgIpc) is 3.37. The molecule has 2 saturated carbocycles. The topological polar surface area (TPSA) is 43.4 Å².